The van der Waals surface area contributed by atoms with E-state index < -0.39 is 21.7 Å². The fourth-order valence-electron chi connectivity index (χ4n) is 2.42. The number of nitrogens with one attached hydrogen (secondary N) is 1. The Kier molecular flexibility index (Phi) is 4.51. The lowest BCUT2D eigenvalue weighted by atomic mass is 10.2. The van der Waals surface area contributed by atoms with Crippen LogP contribution in [0, 0.1) is 0 Å². The highest BCUT2D eigenvalue weighted by atomic mass is 35.5. The molecule has 26 heavy (non-hydrogen) atoms. The van der Waals surface area contributed by atoms with Gasteiger partial charge in [-0.3, -0.25) is 14.2 Å². The number of halogens is 1. The van der Waals surface area contributed by atoms with Crippen molar-refractivity contribution >= 4 is 44.1 Å². The van der Waals surface area contributed by atoms with Crippen LogP contribution in [0.4, 0.5) is 5.69 Å². The summed E-state index contributed by atoms with van der Waals surface area (Å²) in [6, 6.07) is 6.94. The zero-order valence-electron chi connectivity index (χ0n) is 13.6. The lowest BCUT2D eigenvalue weighted by molar-refractivity contribution is 0.0997. The number of aromatic hydroxyl groups is 1. The second-order valence-corrected chi connectivity index (χ2v) is 7.62. The van der Waals surface area contributed by atoms with E-state index in [0.717, 1.165) is 17.5 Å². The minimum Gasteiger partial charge on any atom is -0.506 e. The molecule has 0 saturated carbocycles. The van der Waals surface area contributed by atoms with E-state index in [1.54, 1.807) is 22.9 Å². The van der Waals surface area contributed by atoms with Crippen molar-refractivity contribution in [2.75, 3.05) is 4.72 Å². The predicted octanol–water partition coefficient (Wildman–Crippen LogP) is 2.31. The Morgan fingerprint density at radius 1 is 1.35 bits per heavy atom. The summed E-state index contributed by atoms with van der Waals surface area (Å²) in [5.74, 6) is -1.56. The quantitative estimate of drug-likeness (QED) is 0.611. The van der Waals surface area contributed by atoms with Crippen LogP contribution < -0.4 is 10.5 Å². The number of carbonyl (C=O) groups excluding carboxylic acids is 1. The molecule has 0 aliphatic rings. The molecule has 136 valence electrons. The number of fused-ring (bicyclic) bond motifs is 1. The van der Waals surface area contributed by atoms with Gasteiger partial charge in [-0.05, 0) is 37.3 Å². The van der Waals surface area contributed by atoms with Gasteiger partial charge in [0.1, 0.15) is 5.75 Å². The molecule has 0 unspecified atom stereocenters. The number of sulfonamides is 1. The molecular formula is C16H15ClN4O4S. The molecule has 0 radical (unpaired) electrons. The number of primary amides is 1. The molecule has 2 aromatic carbocycles. The van der Waals surface area contributed by atoms with Gasteiger partial charge in [-0.15, -0.1) is 0 Å². The number of benzene rings is 2. The van der Waals surface area contributed by atoms with Crippen molar-refractivity contribution in [2.45, 2.75) is 18.4 Å². The van der Waals surface area contributed by atoms with Crippen molar-refractivity contribution in [3.63, 3.8) is 0 Å². The first-order chi connectivity index (χ1) is 12.2. The second kappa shape index (κ2) is 6.50. The van der Waals surface area contributed by atoms with Crippen molar-refractivity contribution in [3.05, 3.63) is 47.1 Å². The molecular weight excluding hydrogens is 380 g/mol. The van der Waals surface area contributed by atoms with Gasteiger partial charge in [0.2, 0.25) is 0 Å². The first kappa shape index (κ1) is 18.0. The first-order valence-electron chi connectivity index (χ1n) is 7.53. The Balaban J connectivity index is 2.00. The average molecular weight is 395 g/mol. The van der Waals surface area contributed by atoms with Crippen molar-refractivity contribution < 1.29 is 18.3 Å². The zero-order chi connectivity index (χ0) is 19.1. The van der Waals surface area contributed by atoms with Gasteiger partial charge >= 0.3 is 0 Å². The van der Waals surface area contributed by atoms with E-state index in [4.69, 9.17) is 17.3 Å². The highest BCUT2D eigenvalue weighted by Gasteiger charge is 2.21. The number of nitrogens with zero attached hydrogens (tertiary/aromatic N) is 2. The number of aryl methyl sites for hydroxylation is 1. The molecule has 0 aliphatic carbocycles. The van der Waals surface area contributed by atoms with Crippen molar-refractivity contribution in [1.82, 2.24) is 9.78 Å². The number of nitrogens with two attached hydrogens (primary N) is 1. The fraction of sp³-hybridized carbons (Fsp3) is 0.125. The highest BCUT2D eigenvalue weighted by Crippen LogP contribution is 2.31. The number of hydrogen-bond acceptors (Lipinski definition) is 5. The van der Waals surface area contributed by atoms with Gasteiger partial charge in [0, 0.05) is 18.1 Å². The van der Waals surface area contributed by atoms with Crippen LogP contribution in [0.5, 0.6) is 5.75 Å². The first-order valence-corrected chi connectivity index (χ1v) is 9.39. The molecule has 1 heterocycles. The smallest absolute Gasteiger partial charge is 0.261 e. The van der Waals surface area contributed by atoms with Gasteiger partial charge in [-0.1, -0.05) is 11.6 Å². The SMILES string of the molecule is CCn1cc2ccc(NS(=O)(=O)c3cc(Cl)c(O)c(C(N)=O)c3)cc2n1. The molecule has 3 rings (SSSR count). The van der Waals surface area contributed by atoms with Crippen molar-refractivity contribution in [2.24, 2.45) is 5.73 Å². The third-order valence-electron chi connectivity index (χ3n) is 3.74. The summed E-state index contributed by atoms with van der Waals surface area (Å²) in [7, 11) is -4.06. The molecule has 0 spiro atoms. The van der Waals surface area contributed by atoms with E-state index in [1.807, 2.05) is 13.1 Å². The molecule has 1 aromatic heterocycles. The standard InChI is InChI=1S/C16H15ClN4O4S/c1-2-21-8-9-3-4-10(5-14(9)19-21)20-26(24,25)11-6-12(16(18)23)15(22)13(17)7-11/h3-8,20,22H,2H2,1H3,(H2,18,23). The maximum atomic E-state index is 12.6. The number of phenols is 1. The normalized spacial score (nSPS) is 11.6. The molecule has 10 heteroatoms. The maximum Gasteiger partial charge on any atom is 0.261 e. The fourth-order valence-corrected chi connectivity index (χ4v) is 3.81. The highest BCUT2D eigenvalue weighted by molar-refractivity contribution is 7.92. The Hall–Kier alpha value is -2.78. The summed E-state index contributed by atoms with van der Waals surface area (Å²) >= 11 is 5.81. The lowest BCUT2D eigenvalue weighted by Gasteiger charge is -2.11. The maximum absolute atomic E-state index is 12.6. The molecule has 0 bridgehead atoms. The zero-order valence-corrected chi connectivity index (χ0v) is 15.2. The van der Waals surface area contributed by atoms with Gasteiger partial charge in [-0.25, -0.2) is 8.42 Å². The molecule has 0 fully saturated rings. The van der Waals surface area contributed by atoms with Gasteiger partial charge in [0.25, 0.3) is 15.9 Å². The van der Waals surface area contributed by atoms with Crippen molar-refractivity contribution in [1.29, 1.82) is 0 Å². The Morgan fingerprint density at radius 2 is 2.08 bits per heavy atom. The number of rotatable bonds is 5. The van der Waals surface area contributed by atoms with Gasteiger partial charge in [0.05, 0.1) is 26.7 Å². The van der Waals surface area contributed by atoms with Gasteiger partial charge in [0.15, 0.2) is 0 Å². The van der Waals surface area contributed by atoms with E-state index in [2.05, 4.69) is 9.82 Å². The third kappa shape index (κ3) is 3.31. The number of amides is 1. The molecule has 8 nitrogen and oxygen atoms in total. The van der Waals surface area contributed by atoms with Crippen LogP contribution >= 0.6 is 11.6 Å². The van der Waals surface area contributed by atoms with E-state index in [0.29, 0.717) is 17.7 Å². The van der Waals surface area contributed by atoms with E-state index >= 15 is 0 Å². The monoisotopic (exact) mass is 394 g/mol. The summed E-state index contributed by atoms with van der Waals surface area (Å²) in [4.78, 5) is 11.1. The van der Waals surface area contributed by atoms with Gasteiger partial charge < -0.3 is 10.8 Å². The van der Waals surface area contributed by atoms with Crippen LogP contribution in [0.3, 0.4) is 0 Å². The number of anilines is 1. The van der Waals surface area contributed by atoms with Crippen LogP contribution in [-0.2, 0) is 16.6 Å². The lowest BCUT2D eigenvalue weighted by Crippen LogP contribution is -2.16. The number of hydrogen-bond donors (Lipinski definition) is 3. The molecule has 3 aromatic rings. The molecule has 0 aliphatic heterocycles. The summed E-state index contributed by atoms with van der Waals surface area (Å²) in [6.45, 7) is 2.64. The summed E-state index contributed by atoms with van der Waals surface area (Å²) in [5.41, 5.74) is 5.69. The van der Waals surface area contributed by atoms with Crippen LogP contribution in [0.25, 0.3) is 10.9 Å². The molecule has 0 atom stereocenters. The van der Waals surface area contributed by atoms with Crippen LogP contribution in [0.2, 0.25) is 5.02 Å². The number of aromatic nitrogens is 2. The third-order valence-corrected chi connectivity index (χ3v) is 5.39. The summed E-state index contributed by atoms with van der Waals surface area (Å²) < 4.78 is 29.4. The molecule has 1 amide bonds. The number of carbonyl (C=O) groups is 1. The van der Waals surface area contributed by atoms with Crippen LogP contribution in [-0.4, -0.2) is 29.2 Å². The van der Waals surface area contributed by atoms with Crippen molar-refractivity contribution in [3.8, 4) is 5.75 Å². The largest absolute Gasteiger partial charge is 0.506 e. The van der Waals surface area contributed by atoms with Crippen LogP contribution in [0.1, 0.15) is 17.3 Å². The second-order valence-electron chi connectivity index (χ2n) is 5.53. The Labute approximate surface area is 154 Å². The minimum atomic E-state index is -4.06. The molecule has 0 saturated heterocycles. The molecule has 4 N–H and O–H groups in total. The Morgan fingerprint density at radius 3 is 2.73 bits per heavy atom. The van der Waals surface area contributed by atoms with E-state index in [1.165, 1.54) is 0 Å². The van der Waals surface area contributed by atoms with E-state index in [-0.39, 0.29) is 15.5 Å². The van der Waals surface area contributed by atoms with Crippen LogP contribution in [0.15, 0.2) is 41.4 Å². The predicted molar refractivity (Wildman–Crippen MR) is 97.9 cm³/mol. The Bertz CT molecular complexity index is 1120. The summed E-state index contributed by atoms with van der Waals surface area (Å²) in [5, 5.41) is 14.6. The van der Waals surface area contributed by atoms with E-state index in [9.17, 15) is 18.3 Å². The topological polar surface area (TPSA) is 127 Å². The average Bonchev–Trinajstić information content (AvgIpc) is 2.98. The summed E-state index contributed by atoms with van der Waals surface area (Å²) in [6.07, 6.45) is 1.85. The van der Waals surface area contributed by atoms with Gasteiger partial charge in [-0.2, -0.15) is 5.10 Å². The minimum absolute atomic E-state index is 0.293.